The van der Waals surface area contributed by atoms with Gasteiger partial charge in [0, 0.05) is 31.9 Å². The summed E-state index contributed by atoms with van der Waals surface area (Å²) in [5.41, 5.74) is 6.72. The molecule has 0 spiro atoms. The van der Waals surface area contributed by atoms with Crippen LogP contribution in [0, 0.1) is 5.92 Å². The summed E-state index contributed by atoms with van der Waals surface area (Å²) in [5, 5.41) is 23.9. The van der Waals surface area contributed by atoms with E-state index < -0.39 is 12.2 Å². The second kappa shape index (κ2) is 14.5. The summed E-state index contributed by atoms with van der Waals surface area (Å²) in [6.07, 6.45) is 0.945. The maximum absolute atomic E-state index is 11.9. The summed E-state index contributed by atoms with van der Waals surface area (Å²) in [7, 11) is 1.66. The van der Waals surface area contributed by atoms with E-state index in [4.69, 9.17) is 15.0 Å². The lowest BCUT2D eigenvalue weighted by atomic mass is 10.1. The third kappa shape index (κ3) is 10.6. The lowest BCUT2D eigenvalue weighted by Gasteiger charge is -2.15. The van der Waals surface area contributed by atoms with Gasteiger partial charge < -0.3 is 26.6 Å². The number of anilines is 1. The first-order chi connectivity index (χ1) is 17.6. The highest BCUT2D eigenvalue weighted by Gasteiger charge is 2.28. The summed E-state index contributed by atoms with van der Waals surface area (Å²) < 4.78 is 0. The molecule has 200 valence electrons. The number of benzene rings is 1. The lowest BCUT2D eigenvalue weighted by molar-refractivity contribution is -0.124. The van der Waals surface area contributed by atoms with Crippen LogP contribution in [0.1, 0.15) is 29.5 Å². The van der Waals surface area contributed by atoms with Crippen molar-refractivity contribution >= 4 is 52.5 Å². The number of hydrogen-bond acceptors (Lipinski definition) is 8. The number of nitrogens with zero attached hydrogens (tertiary/aromatic N) is 3. The number of nitrogens with one attached hydrogen (secondary N) is 3. The van der Waals surface area contributed by atoms with E-state index in [9.17, 15) is 14.4 Å². The monoisotopic (exact) mass is 533 g/mol. The minimum atomic E-state index is -1.33. The third-order valence-electron chi connectivity index (χ3n) is 5.31. The van der Waals surface area contributed by atoms with Gasteiger partial charge in [-0.3, -0.25) is 19.8 Å². The van der Waals surface area contributed by atoms with Gasteiger partial charge in [0.05, 0.1) is 23.6 Å². The van der Waals surface area contributed by atoms with Crippen molar-refractivity contribution in [2.75, 3.05) is 25.5 Å². The number of hydrogen-bond donors (Lipinski definition) is 6. The maximum atomic E-state index is 11.9. The maximum Gasteiger partial charge on any atom is 0.409 e. The highest BCUT2D eigenvalue weighted by atomic mass is 32.1. The summed E-state index contributed by atoms with van der Waals surface area (Å²) in [6.45, 7) is 3.73. The van der Waals surface area contributed by atoms with E-state index >= 15 is 0 Å². The summed E-state index contributed by atoms with van der Waals surface area (Å²) in [4.78, 5) is 54.7. The number of carbonyl (C=O) groups excluding carboxylic acids is 2. The van der Waals surface area contributed by atoms with E-state index in [0.29, 0.717) is 30.3 Å². The summed E-state index contributed by atoms with van der Waals surface area (Å²) >= 11 is 1.48. The van der Waals surface area contributed by atoms with E-state index in [2.05, 4.69) is 36.6 Å². The number of rotatable bonds is 9. The van der Waals surface area contributed by atoms with Crippen molar-refractivity contribution in [3.8, 4) is 0 Å². The van der Waals surface area contributed by atoms with Gasteiger partial charge in [-0.15, -0.1) is 11.3 Å². The molecular weight excluding hydrogens is 502 g/mol. The van der Waals surface area contributed by atoms with Gasteiger partial charge in [-0.05, 0) is 43.5 Å². The quantitative estimate of drug-likeness (QED) is 0.208. The Morgan fingerprint density at radius 1 is 1.22 bits per heavy atom. The number of nitrogens with two attached hydrogens (primary N) is 1. The number of aromatic nitrogens is 1. The van der Waals surface area contributed by atoms with Gasteiger partial charge in [0.2, 0.25) is 11.8 Å². The van der Waals surface area contributed by atoms with Crippen LogP contribution in [0.3, 0.4) is 0 Å². The molecule has 37 heavy (non-hydrogen) atoms. The molecule has 1 aliphatic heterocycles. The van der Waals surface area contributed by atoms with Gasteiger partial charge in [-0.2, -0.15) is 0 Å². The highest BCUT2D eigenvalue weighted by Crippen LogP contribution is 2.28. The molecule has 3 rings (SSSR count). The Kier molecular flexibility index (Phi) is 11.4. The molecular formula is C23H31N7O6S. The van der Waals surface area contributed by atoms with Crippen LogP contribution in [0.15, 0.2) is 29.3 Å². The highest BCUT2D eigenvalue weighted by molar-refractivity contribution is 7.15. The zero-order valence-electron chi connectivity index (χ0n) is 20.6. The van der Waals surface area contributed by atoms with Crippen molar-refractivity contribution in [2.24, 2.45) is 16.6 Å². The van der Waals surface area contributed by atoms with Crippen molar-refractivity contribution in [1.82, 2.24) is 20.5 Å². The van der Waals surface area contributed by atoms with E-state index in [0.717, 1.165) is 41.9 Å². The summed E-state index contributed by atoms with van der Waals surface area (Å²) in [6, 6.07) is 7.54. The molecule has 1 aromatic heterocycles. The zero-order valence-corrected chi connectivity index (χ0v) is 21.4. The number of carbonyl (C=O) groups is 4. The van der Waals surface area contributed by atoms with Crippen LogP contribution in [0.25, 0.3) is 0 Å². The fourth-order valence-corrected chi connectivity index (χ4v) is 4.77. The van der Waals surface area contributed by atoms with Crippen LogP contribution >= 0.6 is 11.3 Å². The molecule has 2 heterocycles. The predicted molar refractivity (Wildman–Crippen MR) is 139 cm³/mol. The predicted octanol–water partition coefficient (Wildman–Crippen LogP) is 2.01. The Labute approximate surface area is 217 Å². The minimum absolute atomic E-state index is 0.00746. The largest absolute Gasteiger partial charge is 0.465 e. The minimum Gasteiger partial charge on any atom is -0.465 e. The van der Waals surface area contributed by atoms with Gasteiger partial charge in [0.25, 0.3) is 0 Å². The molecule has 1 aliphatic rings. The fraction of sp³-hybridized carbons (Fsp3) is 0.391. The Bertz CT molecular complexity index is 1120. The van der Waals surface area contributed by atoms with Gasteiger partial charge in [-0.25, -0.2) is 19.6 Å². The molecule has 7 N–H and O–H groups in total. The average Bonchev–Trinajstić information content (AvgIpc) is 3.44. The first-order valence-electron chi connectivity index (χ1n) is 11.4. The van der Waals surface area contributed by atoms with Crippen LogP contribution < -0.4 is 21.7 Å². The number of aryl methyl sites for hydroxylation is 2. The van der Waals surface area contributed by atoms with E-state index in [1.807, 2.05) is 24.3 Å². The van der Waals surface area contributed by atoms with Crippen LogP contribution in [0.2, 0.25) is 0 Å². The molecule has 0 unspecified atom stereocenters. The second-order valence-electron chi connectivity index (χ2n) is 8.12. The topological polar surface area (TPSA) is 199 Å². The molecule has 13 nitrogen and oxygen atoms in total. The molecule has 0 saturated carbocycles. The molecule has 1 saturated heterocycles. The van der Waals surface area contributed by atoms with E-state index in [-0.39, 0.29) is 17.7 Å². The Hall–Kier alpha value is -4.04. The van der Waals surface area contributed by atoms with E-state index in [1.165, 1.54) is 18.3 Å². The van der Waals surface area contributed by atoms with Crippen molar-refractivity contribution in [3.63, 3.8) is 0 Å². The smallest absolute Gasteiger partial charge is 0.409 e. The lowest BCUT2D eigenvalue weighted by Crippen LogP contribution is -2.30. The molecule has 14 heteroatoms. The van der Waals surface area contributed by atoms with Crippen LogP contribution in [-0.2, 0) is 29.0 Å². The Morgan fingerprint density at radius 2 is 1.89 bits per heavy atom. The van der Waals surface area contributed by atoms with Crippen molar-refractivity contribution in [2.45, 2.75) is 32.7 Å². The third-order valence-corrected chi connectivity index (χ3v) is 6.30. The standard InChI is InChI=1S/C22H28N6O4S.CH3NO2/c1-14(29)26-21-27-18(19(33-21)12-28-10-9-16(11-28)20(30)23-2)8-5-15-3-6-17(7-4-15)24-13-25-22(31)32;2-1(3)4/h3-4,6-7,13,16H,5,8-12H2,1-2H3,(H,23,30)(H,24,25)(H,31,32)(H,26,27,29);2H2,(H,3,4)/t16-;/m1./s1. The fourth-order valence-electron chi connectivity index (χ4n) is 3.68. The molecule has 2 aromatic rings. The molecule has 1 atom stereocenters. The Morgan fingerprint density at radius 3 is 2.49 bits per heavy atom. The number of likely N-dealkylation sites (tertiary alicyclic amines) is 1. The molecule has 1 aromatic carbocycles. The van der Waals surface area contributed by atoms with Crippen molar-refractivity contribution in [3.05, 3.63) is 40.4 Å². The van der Waals surface area contributed by atoms with Crippen LogP contribution in [-0.4, -0.2) is 70.6 Å². The normalized spacial score (nSPS) is 15.0. The summed E-state index contributed by atoms with van der Waals surface area (Å²) in [5.74, 6) is -0.0724. The van der Waals surface area contributed by atoms with Crippen molar-refractivity contribution in [1.29, 1.82) is 0 Å². The molecule has 0 aliphatic carbocycles. The second-order valence-corrected chi connectivity index (χ2v) is 9.20. The Balaban J connectivity index is 0.00000112. The van der Waals surface area contributed by atoms with Crippen LogP contribution in [0.4, 0.5) is 20.4 Å². The SMILES string of the molecule is CNC(=O)[C@@H]1CCN(Cc2sc(NC(C)=O)nc2CCc2ccc(N=CNC(=O)O)cc2)C1.NC(=O)O. The average molecular weight is 534 g/mol. The van der Waals surface area contributed by atoms with Gasteiger partial charge >= 0.3 is 12.2 Å². The first-order valence-corrected chi connectivity index (χ1v) is 12.2. The van der Waals surface area contributed by atoms with Crippen molar-refractivity contribution < 1.29 is 29.4 Å². The van der Waals surface area contributed by atoms with Gasteiger partial charge in [-0.1, -0.05) is 12.1 Å². The molecule has 4 amide bonds. The van der Waals surface area contributed by atoms with E-state index in [1.54, 1.807) is 7.05 Å². The number of thiazole rings is 1. The number of amides is 4. The number of primary amides is 1. The molecule has 1 fully saturated rings. The number of carboxylic acid groups (broad SMARTS) is 2. The molecule has 0 bridgehead atoms. The van der Waals surface area contributed by atoms with Crippen LogP contribution in [0.5, 0.6) is 0 Å². The van der Waals surface area contributed by atoms with Gasteiger partial charge in [0.15, 0.2) is 5.13 Å². The van der Waals surface area contributed by atoms with Gasteiger partial charge in [0.1, 0.15) is 0 Å². The molecule has 0 radical (unpaired) electrons. The first kappa shape index (κ1) is 29.2. The zero-order chi connectivity index (χ0) is 27.4. The number of aliphatic imine (C=N–C) groups is 1.